The maximum absolute atomic E-state index is 12.5. The molecule has 146 valence electrons. The topological polar surface area (TPSA) is 66.5 Å². The fourth-order valence-corrected chi connectivity index (χ4v) is 4.02. The maximum atomic E-state index is 12.5. The van der Waals surface area contributed by atoms with Crippen LogP contribution in [0, 0.1) is 13.8 Å². The van der Waals surface area contributed by atoms with Crippen molar-refractivity contribution in [2.75, 3.05) is 13.6 Å². The molecule has 1 atom stereocenters. The Bertz CT molecular complexity index is 880. The molecular formula is C21H28N2O3S. The Morgan fingerprint density at radius 2 is 1.74 bits per heavy atom. The van der Waals surface area contributed by atoms with Gasteiger partial charge in [0.2, 0.25) is 15.9 Å². The van der Waals surface area contributed by atoms with Crippen LogP contribution in [0.1, 0.15) is 42.5 Å². The molecule has 0 spiro atoms. The lowest BCUT2D eigenvalue weighted by Gasteiger charge is -2.18. The van der Waals surface area contributed by atoms with Gasteiger partial charge in [-0.2, -0.15) is 0 Å². The van der Waals surface area contributed by atoms with Crippen LogP contribution in [0.25, 0.3) is 0 Å². The Labute approximate surface area is 162 Å². The number of nitrogens with zero attached hydrogens (tertiary/aromatic N) is 1. The minimum absolute atomic E-state index is 0.0776. The highest BCUT2D eigenvalue weighted by Gasteiger charge is 2.20. The average Bonchev–Trinajstić information content (AvgIpc) is 2.64. The molecule has 2 aromatic carbocycles. The molecule has 2 aromatic rings. The first-order chi connectivity index (χ1) is 12.7. The van der Waals surface area contributed by atoms with Crippen LogP contribution in [-0.4, -0.2) is 32.2 Å². The van der Waals surface area contributed by atoms with E-state index in [1.54, 1.807) is 30.3 Å². The van der Waals surface area contributed by atoms with Crippen LogP contribution >= 0.6 is 0 Å². The number of benzene rings is 2. The van der Waals surface area contributed by atoms with E-state index >= 15 is 0 Å². The number of rotatable bonds is 8. The van der Waals surface area contributed by atoms with Crippen molar-refractivity contribution in [3.63, 3.8) is 0 Å². The first kappa shape index (κ1) is 21.1. The summed E-state index contributed by atoms with van der Waals surface area (Å²) in [6.07, 6.45) is 0.748. The number of carbonyl (C=O) groups is 1. The highest BCUT2D eigenvalue weighted by molar-refractivity contribution is 7.89. The van der Waals surface area contributed by atoms with Gasteiger partial charge in [-0.3, -0.25) is 4.79 Å². The Morgan fingerprint density at radius 3 is 2.37 bits per heavy atom. The molecule has 0 bridgehead atoms. The maximum Gasteiger partial charge on any atom is 0.242 e. The quantitative estimate of drug-likeness (QED) is 0.752. The molecular weight excluding hydrogens is 360 g/mol. The molecule has 0 aliphatic heterocycles. The molecule has 5 nitrogen and oxygen atoms in total. The van der Waals surface area contributed by atoms with E-state index in [4.69, 9.17) is 0 Å². The van der Waals surface area contributed by atoms with Crippen LogP contribution in [0.4, 0.5) is 0 Å². The second-order valence-electron chi connectivity index (χ2n) is 6.88. The molecule has 1 amide bonds. The van der Waals surface area contributed by atoms with Crippen LogP contribution in [0.15, 0.2) is 53.4 Å². The Kier molecular flexibility index (Phi) is 7.16. The van der Waals surface area contributed by atoms with Crippen molar-refractivity contribution in [3.8, 4) is 0 Å². The molecule has 0 aliphatic rings. The van der Waals surface area contributed by atoms with E-state index < -0.39 is 10.0 Å². The molecule has 0 saturated heterocycles. The molecule has 2 rings (SSSR count). The van der Waals surface area contributed by atoms with Gasteiger partial charge in [0, 0.05) is 20.0 Å². The standard InChI is InChI=1S/C21H28N2O3S/c1-16-12-13-19(15-17(16)2)18(3)22-21(24)11-8-14-23(4)27(25,26)20-9-6-5-7-10-20/h5-7,9-10,12-13,15,18H,8,11,14H2,1-4H3,(H,22,24). The van der Waals surface area contributed by atoms with Gasteiger partial charge >= 0.3 is 0 Å². The summed E-state index contributed by atoms with van der Waals surface area (Å²) in [5.41, 5.74) is 3.48. The van der Waals surface area contributed by atoms with Gasteiger partial charge in [-0.25, -0.2) is 12.7 Å². The van der Waals surface area contributed by atoms with Crippen molar-refractivity contribution in [1.82, 2.24) is 9.62 Å². The molecule has 0 radical (unpaired) electrons. The molecule has 0 aliphatic carbocycles. The Hall–Kier alpha value is -2.18. The van der Waals surface area contributed by atoms with Gasteiger partial charge in [0.05, 0.1) is 10.9 Å². The van der Waals surface area contributed by atoms with Crippen molar-refractivity contribution < 1.29 is 13.2 Å². The molecule has 0 saturated carbocycles. The number of aryl methyl sites for hydroxylation is 2. The zero-order valence-electron chi connectivity index (χ0n) is 16.4. The Balaban J connectivity index is 1.84. The summed E-state index contributed by atoms with van der Waals surface area (Å²) < 4.78 is 26.2. The fraction of sp³-hybridized carbons (Fsp3) is 0.381. The zero-order chi connectivity index (χ0) is 20.0. The summed E-state index contributed by atoms with van der Waals surface area (Å²) in [5, 5.41) is 2.98. The Morgan fingerprint density at radius 1 is 1.07 bits per heavy atom. The average molecular weight is 389 g/mol. The number of nitrogens with one attached hydrogen (secondary N) is 1. The van der Waals surface area contributed by atoms with E-state index in [1.807, 2.05) is 13.0 Å². The SMILES string of the molecule is Cc1ccc(C(C)NC(=O)CCCN(C)S(=O)(=O)c2ccccc2)cc1C. The van der Waals surface area contributed by atoms with Gasteiger partial charge in [0.25, 0.3) is 0 Å². The van der Waals surface area contributed by atoms with E-state index in [0.717, 1.165) is 5.56 Å². The van der Waals surface area contributed by atoms with Crippen molar-refractivity contribution in [1.29, 1.82) is 0 Å². The summed E-state index contributed by atoms with van der Waals surface area (Å²) >= 11 is 0. The summed E-state index contributed by atoms with van der Waals surface area (Å²) in [5.74, 6) is -0.0776. The number of amides is 1. The van der Waals surface area contributed by atoms with E-state index in [9.17, 15) is 13.2 Å². The molecule has 6 heteroatoms. The van der Waals surface area contributed by atoms with Crippen molar-refractivity contribution in [2.24, 2.45) is 0 Å². The van der Waals surface area contributed by atoms with Crippen LogP contribution in [0.5, 0.6) is 0 Å². The summed E-state index contributed by atoms with van der Waals surface area (Å²) in [6.45, 7) is 6.36. The van der Waals surface area contributed by atoms with Crippen LogP contribution in [-0.2, 0) is 14.8 Å². The number of hydrogen-bond acceptors (Lipinski definition) is 3. The van der Waals surface area contributed by atoms with Crippen LogP contribution in [0.3, 0.4) is 0 Å². The third kappa shape index (κ3) is 5.65. The smallest absolute Gasteiger partial charge is 0.242 e. The second-order valence-corrected chi connectivity index (χ2v) is 8.92. The minimum atomic E-state index is -3.51. The van der Waals surface area contributed by atoms with E-state index in [0.29, 0.717) is 13.0 Å². The van der Waals surface area contributed by atoms with Gasteiger partial charge in [-0.1, -0.05) is 36.4 Å². The lowest BCUT2D eigenvalue weighted by molar-refractivity contribution is -0.121. The highest BCUT2D eigenvalue weighted by atomic mass is 32.2. The normalized spacial score (nSPS) is 12.8. The minimum Gasteiger partial charge on any atom is -0.350 e. The lowest BCUT2D eigenvalue weighted by Crippen LogP contribution is -2.30. The highest BCUT2D eigenvalue weighted by Crippen LogP contribution is 2.17. The van der Waals surface area contributed by atoms with Gasteiger partial charge in [-0.05, 0) is 56.0 Å². The number of sulfonamides is 1. The predicted molar refractivity (Wildman–Crippen MR) is 108 cm³/mol. The number of carbonyl (C=O) groups excluding carboxylic acids is 1. The molecule has 0 heterocycles. The van der Waals surface area contributed by atoms with E-state index in [1.165, 1.54) is 22.5 Å². The van der Waals surface area contributed by atoms with Crippen molar-refractivity contribution >= 4 is 15.9 Å². The number of hydrogen-bond donors (Lipinski definition) is 1. The molecule has 1 unspecified atom stereocenters. The van der Waals surface area contributed by atoms with Gasteiger partial charge in [0.1, 0.15) is 0 Å². The third-order valence-corrected chi connectivity index (χ3v) is 6.61. The van der Waals surface area contributed by atoms with Crippen molar-refractivity contribution in [3.05, 3.63) is 65.2 Å². The molecule has 1 N–H and O–H groups in total. The van der Waals surface area contributed by atoms with E-state index in [2.05, 4.69) is 31.3 Å². The first-order valence-corrected chi connectivity index (χ1v) is 10.5. The molecule has 0 aromatic heterocycles. The first-order valence-electron chi connectivity index (χ1n) is 9.09. The van der Waals surface area contributed by atoms with Gasteiger partial charge in [-0.15, -0.1) is 0 Å². The van der Waals surface area contributed by atoms with E-state index in [-0.39, 0.29) is 23.3 Å². The molecule has 0 fully saturated rings. The fourth-order valence-electron chi connectivity index (χ4n) is 2.79. The predicted octanol–water partition coefficient (Wildman–Crippen LogP) is 3.58. The lowest BCUT2D eigenvalue weighted by atomic mass is 10.0. The third-order valence-electron chi connectivity index (χ3n) is 4.74. The largest absolute Gasteiger partial charge is 0.350 e. The summed E-state index contributed by atoms with van der Waals surface area (Å²) in [6, 6.07) is 14.4. The van der Waals surface area contributed by atoms with Gasteiger partial charge < -0.3 is 5.32 Å². The van der Waals surface area contributed by atoms with Crippen molar-refractivity contribution in [2.45, 2.75) is 44.6 Å². The second kappa shape index (κ2) is 9.15. The van der Waals surface area contributed by atoms with Gasteiger partial charge in [0.15, 0.2) is 0 Å². The zero-order valence-corrected chi connectivity index (χ0v) is 17.2. The summed E-state index contributed by atoms with van der Waals surface area (Å²) in [7, 11) is -1.97. The molecule has 27 heavy (non-hydrogen) atoms. The van der Waals surface area contributed by atoms with Crippen LogP contribution < -0.4 is 5.32 Å². The monoisotopic (exact) mass is 388 g/mol. The van der Waals surface area contributed by atoms with Crippen LogP contribution in [0.2, 0.25) is 0 Å². The summed E-state index contributed by atoms with van der Waals surface area (Å²) in [4.78, 5) is 12.5.